The summed E-state index contributed by atoms with van der Waals surface area (Å²) in [5.74, 6) is 0. The fraction of sp³-hybridized carbons (Fsp3) is 0.750. The number of sulfonamides is 1. The molecule has 0 radical (unpaired) electrons. The Morgan fingerprint density at radius 1 is 1.42 bits per heavy atom. The van der Waals surface area contributed by atoms with Gasteiger partial charge in [0.25, 0.3) is 0 Å². The van der Waals surface area contributed by atoms with Crippen LogP contribution in [0.25, 0.3) is 0 Å². The summed E-state index contributed by atoms with van der Waals surface area (Å²) in [6.45, 7) is 6.50. The molecule has 0 amide bonds. The van der Waals surface area contributed by atoms with Crippen LogP contribution in [0.5, 0.6) is 0 Å². The van der Waals surface area contributed by atoms with E-state index < -0.39 is 10.0 Å². The number of piperidine rings is 1. The van der Waals surface area contributed by atoms with E-state index in [9.17, 15) is 8.42 Å². The van der Waals surface area contributed by atoms with E-state index in [0.717, 1.165) is 19.6 Å². The number of aryl methyl sites for hydroxylation is 1. The summed E-state index contributed by atoms with van der Waals surface area (Å²) in [7, 11) is -3.47. The largest absolute Gasteiger partial charge is 0.302 e. The van der Waals surface area contributed by atoms with Gasteiger partial charge in [-0.25, -0.2) is 13.1 Å². The second-order valence-electron chi connectivity index (χ2n) is 5.24. The SMILES string of the molecule is Cc1[nH]ncc1S(=O)(=O)NC(C)CN1CCCCC1. The van der Waals surface area contributed by atoms with Gasteiger partial charge < -0.3 is 4.90 Å². The van der Waals surface area contributed by atoms with Crippen molar-refractivity contribution in [3.8, 4) is 0 Å². The molecule has 0 aliphatic carbocycles. The minimum absolute atomic E-state index is 0.0996. The van der Waals surface area contributed by atoms with Crippen molar-refractivity contribution in [1.29, 1.82) is 0 Å². The number of nitrogens with one attached hydrogen (secondary N) is 2. The fourth-order valence-corrected chi connectivity index (χ4v) is 3.88. The van der Waals surface area contributed by atoms with Crippen LogP contribution < -0.4 is 4.72 Å². The molecule has 6 nitrogen and oxygen atoms in total. The molecule has 1 aromatic heterocycles. The summed E-state index contributed by atoms with van der Waals surface area (Å²) < 4.78 is 27.1. The Labute approximate surface area is 114 Å². The Hall–Kier alpha value is -0.920. The highest BCUT2D eigenvalue weighted by Crippen LogP contribution is 2.13. The molecule has 7 heteroatoms. The zero-order chi connectivity index (χ0) is 13.9. The van der Waals surface area contributed by atoms with Gasteiger partial charge in [0, 0.05) is 12.6 Å². The number of hydrogen-bond acceptors (Lipinski definition) is 4. The Morgan fingerprint density at radius 2 is 2.11 bits per heavy atom. The molecule has 1 saturated heterocycles. The molecule has 1 aliphatic rings. The third-order valence-corrected chi connectivity index (χ3v) is 5.11. The molecule has 2 N–H and O–H groups in total. The van der Waals surface area contributed by atoms with Crippen LogP contribution in [0.2, 0.25) is 0 Å². The molecule has 0 spiro atoms. The van der Waals surface area contributed by atoms with Gasteiger partial charge in [0.15, 0.2) is 0 Å². The van der Waals surface area contributed by atoms with Gasteiger partial charge in [-0.1, -0.05) is 6.42 Å². The van der Waals surface area contributed by atoms with Crippen molar-refractivity contribution in [1.82, 2.24) is 19.8 Å². The number of rotatable bonds is 5. The smallest absolute Gasteiger partial charge is 0.244 e. The third kappa shape index (κ3) is 3.77. The first-order chi connectivity index (χ1) is 8.99. The molecule has 108 valence electrons. The molecule has 0 saturated carbocycles. The van der Waals surface area contributed by atoms with Gasteiger partial charge in [-0.3, -0.25) is 5.10 Å². The van der Waals surface area contributed by atoms with Crippen LogP contribution in [-0.2, 0) is 10.0 Å². The number of hydrogen-bond donors (Lipinski definition) is 2. The summed E-state index contributed by atoms with van der Waals surface area (Å²) in [6, 6.07) is -0.0996. The van der Waals surface area contributed by atoms with Crippen molar-refractivity contribution in [3.05, 3.63) is 11.9 Å². The van der Waals surface area contributed by atoms with E-state index in [4.69, 9.17) is 0 Å². The highest BCUT2D eigenvalue weighted by molar-refractivity contribution is 7.89. The molecule has 1 atom stereocenters. The average molecular weight is 286 g/mol. The molecule has 1 aliphatic heterocycles. The van der Waals surface area contributed by atoms with Crippen LogP contribution in [0.4, 0.5) is 0 Å². The van der Waals surface area contributed by atoms with Crippen molar-refractivity contribution in [2.45, 2.75) is 44.0 Å². The zero-order valence-electron chi connectivity index (χ0n) is 11.5. The average Bonchev–Trinajstić information content (AvgIpc) is 2.76. The molecule has 1 unspecified atom stereocenters. The lowest BCUT2D eigenvalue weighted by Crippen LogP contribution is -2.43. The van der Waals surface area contributed by atoms with Crippen LogP contribution in [0.1, 0.15) is 31.9 Å². The molecular weight excluding hydrogens is 264 g/mol. The van der Waals surface area contributed by atoms with Crippen LogP contribution in [0, 0.1) is 6.92 Å². The van der Waals surface area contributed by atoms with Gasteiger partial charge in [-0.2, -0.15) is 5.10 Å². The Kier molecular flexibility index (Phi) is 4.59. The monoisotopic (exact) mass is 286 g/mol. The van der Waals surface area contributed by atoms with E-state index in [1.165, 1.54) is 25.5 Å². The summed E-state index contributed by atoms with van der Waals surface area (Å²) in [4.78, 5) is 2.55. The van der Waals surface area contributed by atoms with E-state index in [0.29, 0.717) is 5.69 Å². The molecule has 19 heavy (non-hydrogen) atoms. The van der Waals surface area contributed by atoms with Crippen LogP contribution >= 0.6 is 0 Å². The number of H-pyrrole nitrogens is 1. The second-order valence-corrected chi connectivity index (χ2v) is 6.93. The van der Waals surface area contributed by atoms with Crippen molar-refractivity contribution >= 4 is 10.0 Å². The van der Waals surface area contributed by atoms with Gasteiger partial charge >= 0.3 is 0 Å². The molecule has 0 aromatic carbocycles. The van der Waals surface area contributed by atoms with E-state index in [2.05, 4.69) is 19.8 Å². The van der Waals surface area contributed by atoms with Gasteiger partial charge in [0.2, 0.25) is 10.0 Å². The maximum atomic E-state index is 12.2. The summed E-state index contributed by atoms with van der Waals surface area (Å²) in [5.41, 5.74) is 0.567. The van der Waals surface area contributed by atoms with E-state index in [1.807, 2.05) is 6.92 Å². The minimum atomic E-state index is -3.47. The summed E-state index contributed by atoms with van der Waals surface area (Å²) in [6.07, 6.45) is 5.05. The summed E-state index contributed by atoms with van der Waals surface area (Å²) in [5, 5.41) is 6.41. The van der Waals surface area contributed by atoms with Crippen molar-refractivity contribution in [3.63, 3.8) is 0 Å². The Balaban J connectivity index is 1.94. The predicted octanol–water partition coefficient (Wildman–Crippen LogP) is 0.871. The van der Waals surface area contributed by atoms with Crippen molar-refractivity contribution < 1.29 is 8.42 Å². The molecule has 2 rings (SSSR count). The number of likely N-dealkylation sites (tertiary alicyclic amines) is 1. The highest BCUT2D eigenvalue weighted by atomic mass is 32.2. The number of nitrogens with zero attached hydrogens (tertiary/aromatic N) is 2. The van der Waals surface area contributed by atoms with E-state index in [1.54, 1.807) is 6.92 Å². The molecule has 1 fully saturated rings. The van der Waals surface area contributed by atoms with Crippen molar-refractivity contribution in [2.24, 2.45) is 0 Å². The maximum absolute atomic E-state index is 12.2. The van der Waals surface area contributed by atoms with Crippen LogP contribution in [0.3, 0.4) is 0 Å². The molecule has 2 heterocycles. The Bertz CT molecular complexity index is 506. The van der Waals surface area contributed by atoms with Gasteiger partial charge in [0.05, 0.1) is 11.9 Å². The van der Waals surface area contributed by atoms with Gasteiger partial charge in [-0.05, 0) is 39.8 Å². The van der Waals surface area contributed by atoms with Gasteiger partial charge in [0.1, 0.15) is 4.90 Å². The zero-order valence-corrected chi connectivity index (χ0v) is 12.3. The van der Waals surface area contributed by atoms with E-state index >= 15 is 0 Å². The maximum Gasteiger partial charge on any atom is 0.244 e. The van der Waals surface area contributed by atoms with E-state index in [-0.39, 0.29) is 10.9 Å². The minimum Gasteiger partial charge on any atom is -0.302 e. The molecular formula is C12H22N4O2S. The second kappa shape index (κ2) is 6.02. The normalized spacial score (nSPS) is 19.5. The first kappa shape index (κ1) is 14.5. The lowest BCUT2D eigenvalue weighted by atomic mass is 10.1. The first-order valence-corrected chi connectivity index (χ1v) is 8.22. The predicted molar refractivity (Wildman–Crippen MR) is 73.4 cm³/mol. The topological polar surface area (TPSA) is 78.1 Å². The van der Waals surface area contributed by atoms with Gasteiger partial charge in [-0.15, -0.1) is 0 Å². The molecule has 1 aromatic rings. The standard InChI is InChI=1S/C12H22N4O2S/c1-10(9-16-6-4-3-5-7-16)15-19(17,18)12-8-13-14-11(12)2/h8,10,15H,3-7,9H2,1-2H3,(H,13,14). The van der Waals surface area contributed by atoms with Crippen molar-refractivity contribution in [2.75, 3.05) is 19.6 Å². The number of aromatic amines is 1. The van der Waals surface area contributed by atoms with Crippen LogP contribution in [0.15, 0.2) is 11.1 Å². The Morgan fingerprint density at radius 3 is 2.68 bits per heavy atom. The lowest BCUT2D eigenvalue weighted by Gasteiger charge is -2.29. The highest BCUT2D eigenvalue weighted by Gasteiger charge is 2.22. The molecule has 0 bridgehead atoms. The number of aromatic nitrogens is 2. The first-order valence-electron chi connectivity index (χ1n) is 6.74. The lowest BCUT2D eigenvalue weighted by molar-refractivity contribution is 0.215. The third-order valence-electron chi connectivity index (χ3n) is 3.41. The summed E-state index contributed by atoms with van der Waals surface area (Å²) >= 11 is 0. The fourth-order valence-electron chi connectivity index (χ4n) is 2.51. The van der Waals surface area contributed by atoms with Crippen LogP contribution in [-0.4, -0.2) is 49.2 Å². The quantitative estimate of drug-likeness (QED) is 0.842.